The summed E-state index contributed by atoms with van der Waals surface area (Å²) in [6.45, 7) is 6.79. The molecule has 0 saturated carbocycles. The summed E-state index contributed by atoms with van der Waals surface area (Å²) in [6.07, 6.45) is 1.14. The molecule has 1 saturated heterocycles. The Hall–Kier alpha value is -2.11. The molecule has 6 heteroatoms. The van der Waals surface area contributed by atoms with Crippen molar-refractivity contribution in [2.75, 3.05) is 13.1 Å². The second-order valence-corrected chi connectivity index (χ2v) is 7.11. The molecule has 2 rings (SSSR count). The van der Waals surface area contributed by atoms with Gasteiger partial charge in [-0.3, -0.25) is 4.79 Å². The standard InChI is InChI=1S/C18H25FN2O3/c1-18(2,3)24-17(23)21-10-4-5-14(12-21)16(22)20-11-13-6-8-15(19)9-7-13/h6-9,14H,4-5,10-12H2,1-3H3,(H,20,22)/t14-/m1/s1. The normalized spacial score (nSPS) is 18.2. The van der Waals surface area contributed by atoms with Crippen molar-refractivity contribution >= 4 is 12.0 Å². The Labute approximate surface area is 142 Å². The van der Waals surface area contributed by atoms with Crippen molar-refractivity contribution in [2.45, 2.75) is 45.8 Å². The monoisotopic (exact) mass is 336 g/mol. The molecule has 1 fully saturated rings. The zero-order valence-electron chi connectivity index (χ0n) is 14.5. The smallest absolute Gasteiger partial charge is 0.410 e. The summed E-state index contributed by atoms with van der Waals surface area (Å²) in [5.41, 5.74) is 0.291. The van der Waals surface area contributed by atoms with Gasteiger partial charge >= 0.3 is 6.09 Å². The third kappa shape index (κ3) is 5.51. The van der Waals surface area contributed by atoms with Crippen LogP contribution in [0.15, 0.2) is 24.3 Å². The number of carbonyl (C=O) groups is 2. The number of nitrogens with one attached hydrogen (secondary N) is 1. The molecule has 0 unspecified atom stereocenters. The van der Waals surface area contributed by atoms with Crippen LogP contribution >= 0.6 is 0 Å². The van der Waals surface area contributed by atoms with E-state index in [4.69, 9.17) is 4.74 Å². The van der Waals surface area contributed by atoms with E-state index in [-0.39, 0.29) is 23.7 Å². The van der Waals surface area contributed by atoms with Gasteiger partial charge in [0.15, 0.2) is 0 Å². The summed E-state index contributed by atoms with van der Waals surface area (Å²) in [6, 6.07) is 6.02. The van der Waals surface area contributed by atoms with Gasteiger partial charge < -0.3 is 15.0 Å². The molecule has 1 N–H and O–H groups in total. The highest BCUT2D eigenvalue weighted by Gasteiger charge is 2.30. The number of benzene rings is 1. The molecule has 1 aliphatic heterocycles. The van der Waals surface area contributed by atoms with E-state index in [0.29, 0.717) is 19.6 Å². The minimum absolute atomic E-state index is 0.0902. The molecule has 1 atom stereocenters. The highest BCUT2D eigenvalue weighted by Crippen LogP contribution is 2.19. The number of amides is 2. The number of hydrogen-bond acceptors (Lipinski definition) is 3. The number of hydrogen-bond donors (Lipinski definition) is 1. The van der Waals surface area contributed by atoms with Crippen LogP contribution in [0.3, 0.4) is 0 Å². The topological polar surface area (TPSA) is 58.6 Å². The number of piperidine rings is 1. The molecule has 132 valence electrons. The van der Waals surface area contributed by atoms with Crippen LogP contribution in [0.25, 0.3) is 0 Å². The highest BCUT2D eigenvalue weighted by atomic mass is 19.1. The molecular weight excluding hydrogens is 311 g/mol. The first-order valence-corrected chi connectivity index (χ1v) is 8.25. The Morgan fingerprint density at radius 3 is 2.58 bits per heavy atom. The second kappa shape index (κ2) is 7.64. The third-order valence-corrected chi connectivity index (χ3v) is 3.82. The summed E-state index contributed by atoms with van der Waals surface area (Å²) in [5, 5.41) is 2.86. The molecule has 0 bridgehead atoms. The van der Waals surface area contributed by atoms with Crippen molar-refractivity contribution in [1.29, 1.82) is 0 Å². The predicted molar refractivity (Wildman–Crippen MR) is 88.8 cm³/mol. The lowest BCUT2D eigenvalue weighted by molar-refractivity contribution is -0.126. The number of ether oxygens (including phenoxy) is 1. The molecule has 1 aromatic rings. The lowest BCUT2D eigenvalue weighted by Gasteiger charge is -2.33. The fraction of sp³-hybridized carbons (Fsp3) is 0.556. The summed E-state index contributed by atoms with van der Waals surface area (Å²) < 4.78 is 18.2. The maximum absolute atomic E-state index is 12.9. The fourth-order valence-corrected chi connectivity index (χ4v) is 2.62. The zero-order chi connectivity index (χ0) is 17.7. The highest BCUT2D eigenvalue weighted by molar-refractivity contribution is 5.80. The third-order valence-electron chi connectivity index (χ3n) is 3.82. The minimum atomic E-state index is -0.547. The quantitative estimate of drug-likeness (QED) is 0.923. The first kappa shape index (κ1) is 18.2. The number of likely N-dealkylation sites (tertiary alicyclic amines) is 1. The van der Waals surface area contributed by atoms with Crippen molar-refractivity contribution in [2.24, 2.45) is 5.92 Å². The SMILES string of the molecule is CC(C)(C)OC(=O)N1CCC[C@@H](C(=O)NCc2ccc(F)cc2)C1. The summed E-state index contributed by atoms with van der Waals surface area (Å²) in [7, 11) is 0. The van der Waals surface area contributed by atoms with E-state index in [9.17, 15) is 14.0 Å². The van der Waals surface area contributed by atoms with Crippen LogP contribution in [-0.4, -0.2) is 35.6 Å². The molecule has 0 aliphatic carbocycles. The van der Waals surface area contributed by atoms with E-state index in [1.54, 1.807) is 17.0 Å². The van der Waals surface area contributed by atoms with Gasteiger partial charge in [-0.1, -0.05) is 12.1 Å². The van der Waals surface area contributed by atoms with E-state index in [2.05, 4.69) is 5.32 Å². The molecule has 0 radical (unpaired) electrons. The lowest BCUT2D eigenvalue weighted by atomic mass is 9.97. The Morgan fingerprint density at radius 2 is 1.96 bits per heavy atom. The first-order chi connectivity index (χ1) is 11.2. The Bertz CT molecular complexity index is 581. The molecule has 1 aliphatic rings. The number of rotatable bonds is 3. The van der Waals surface area contributed by atoms with E-state index >= 15 is 0 Å². The van der Waals surface area contributed by atoms with Crippen LogP contribution in [0.4, 0.5) is 9.18 Å². The van der Waals surface area contributed by atoms with Gasteiger partial charge in [0.2, 0.25) is 5.91 Å². The van der Waals surface area contributed by atoms with Gasteiger partial charge in [0.05, 0.1) is 5.92 Å². The average Bonchev–Trinajstić information content (AvgIpc) is 2.52. The van der Waals surface area contributed by atoms with Gasteiger partial charge in [-0.25, -0.2) is 9.18 Å². The molecule has 1 aromatic carbocycles. The van der Waals surface area contributed by atoms with E-state index < -0.39 is 5.60 Å². The van der Waals surface area contributed by atoms with Gasteiger partial charge in [-0.05, 0) is 51.3 Å². The largest absolute Gasteiger partial charge is 0.444 e. The van der Waals surface area contributed by atoms with Gasteiger partial charge in [-0.2, -0.15) is 0 Å². The number of nitrogens with zero attached hydrogens (tertiary/aromatic N) is 1. The lowest BCUT2D eigenvalue weighted by Crippen LogP contribution is -2.46. The molecule has 5 nitrogen and oxygen atoms in total. The summed E-state index contributed by atoms with van der Waals surface area (Å²) in [5.74, 6) is -0.635. The van der Waals surface area contributed by atoms with Gasteiger partial charge in [0.1, 0.15) is 11.4 Å². The fourth-order valence-electron chi connectivity index (χ4n) is 2.62. The molecule has 24 heavy (non-hydrogen) atoms. The number of halogens is 1. The van der Waals surface area contributed by atoms with E-state index in [1.807, 2.05) is 20.8 Å². The van der Waals surface area contributed by atoms with Crippen LogP contribution in [-0.2, 0) is 16.1 Å². The average molecular weight is 336 g/mol. The van der Waals surface area contributed by atoms with Crippen LogP contribution in [0.2, 0.25) is 0 Å². The first-order valence-electron chi connectivity index (χ1n) is 8.25. The van der Waals surface area contributed by atoms with Crippen LogP contribution in [0, 0.1) is 11.7 Å². The van der Waals surface area contributed by atoms with Crippen molar-refractivity contribution < 1.29 is 18.7 Å². The van der Waals surface area contributed by atoms with Crippen LogP contribution < -0.4 is 5.32 Å². The van der Waals surface area contributed by atoms with Crippen LogP contribution in [0.1, 0.15) is 39.2 Å². The number of carbonyl (C=O) groups excluding carboxylic acids is 2. The van der Waals surface area contributed by atoms with Crippen molar-refractivity contribution in [3.63, 3.8) is 0 Å². The second-order valence-electron chi connectivity index (χ2n) is 7.11. The van der Waals surface area contributed by atoms with Crippen molar-refractivity contribution in [3.8, 4) is 0 Å². The van der Waals surface area contributed by atoms with Gasteiger partial charge in [-0.15, -0.1) is 0 Å². The van der Waals surface area contributed by atoms with E-state index in [0.717, 1.165) is 18.4 Å². The van der Waals surface area contributed by atoms with Crippen LogP contribution in [0.5, 0.6) is 0 Å². The molecular formula is C18H25FN2O3. The molecule has 1 heterocycles. The molecule has 0 spiro atoms. The predicted octanol–water partition coefficient (Wildman–Crippen LogP) is 3.09. The maximum Gasteiger partial charge on any atom is 0.410 e. The molecule has 0 aromatic heterocycles. The van der Waals surface area contributed by atoms with Gasteiger partial charge in [0, 0.05) is 19.6 Å². The van der Waals surface area contributed by atoms with Gasteiger partial charge in [0.25, 0.3) is 0 Å². The Balaban J connectivity index is 1.85. The maximum atomic E-state index is 12.9. The summed E-state index contributed by atoms with van der Waals surface area (Å²) in [4.78, 5) is 26.1. The summed E-state index contributed by atoms with van der Waals surface area (Å²) >= 11 is 0. The molecule has 2 amide bonds. The minimum Gasteiger partial charge on any atom is -0.444 e. The zero-order valence-corrected chi connectivity index (χ0v) is 14.5. The Morgan fingerprint density at radius 1 is 1.29 bits per heavy atom. The van der Waals surface area contributed by atoms with Crippen molar-refractivity contribution in [3.05, 3.63) is 35.6 Å². The Kier molecular flexibility index (Phi) is 5.80. The van der Waals surface area contributed by atoms with E-state index in [1.165, 1.54) is 12.1 Å². The van der Waals surface area contributed by atoms with Crippen molar-refractivity contribution in [1.82, 2.24) is 10.2 Å².